The molecule has 1 atom stereocenters. The number of carbonyl (C=O) groups is 1. The Kier molecular flexibility index (Phi) is 5.29. The Morgan fingerprint density at radius 2 is 2.11 bits per heavy atom. The van der Waals surface area contributed by atoms with Crippen molar-refractivity contribution >= 4 is 23.4 Å². The van der Waals surface area contributed by atoms with E-state index in [4.69, 9.17) is 10.5 Å². The molecule has 1 aromatic carbocycles. The fourth-order valence-corrected chi connectivity index (χ4v) is 3.77. The van der Waals surface area contributed by atoms with E-state index in [0.717, 1.165) is 67.6 Å². The largest absolute Gasteiger partial charge is 0.483 e. The van der Waals surface area contributed by atoms with Crippen molar-refractivity contribution < 1.29 is 9.53 Å². The monoisotopic (exact) mass is 382 g/mol. The number of allylic oxidation sites excluding steroid dienone is 1. The topological polar surface area (TPSA) is 71.2 Å². The van der Waals surface area contributed by atoms with Gasteiger partial charge in [0.15, 0.2) is 6.61 Å². The van der Waals surface area contributed by atoms with Gasteiger partial charge in [0.2, 0.25) is 0 Å². The lowest BCUT2D eigenvalue weighted by molar-refractivity contribution is -0.136. The van der Waals surface area contributed by atoms with Crippen molar-refractivity contribution in [1.82, 2.24) is 4.90 Å². The number of nitrogens with zero attached hydrogens (tertiary/aromatic N) is 3. The maximum absolute atomic E-state index is 12.4. The molecular formula is C22H30N4O2. The molecule has 6 nitrogen and oxygen atoms in total. The van der Waals surface area contributed by atoms with Crippen LogP contribution in [0.2, 0.25) is 0 Å². The molecule has 1 aliphatic carbocycles. The van der Waals surface area contributed by atoms with Gasteiger partial charge in [-0.25, -0.2) is 0 Å². The van der Waals surface area contributed by atoms with Crippen molar-refractivity contribution in [1.29, 1.82) is 0 Å². The molecule has 0 spiro atoms. The van der Waals surface area contributed by atoms with E-state index in [0.29, 0.717) is 12.1 Å². The predicted molar refractivity (Wildman–Crippen MR) is 113 cm³/mol. The van der Waals surface area contributed by atoms with Crippen LogP contribution in [0.4, 0.5) is 5.69 Å². The number of anilines is 1. The zero-order valence-corrected chi connectivity index (χ0v) is 16.9. The Morgan fingerprint density at radius 1 is 1.32 bits per heavy atom. The number of hydrogen-bond acceptors (Lipinski definition) is 5. The number of likely N-dealkylation sites (tertiary alicyclic amines) is 1. The second kappa shape index (κ2) is 7.86. The summed E-state index contributed by atoms with van der Waals surface area (Å²) in [5, 5.41) is 0. The van der Waals surface area contributed by atoms with E-state index in [1.807, 2.05) is 11.1 Å². The predicted octanol–water partition coefficient (Wildman–Crippen LogP) is 2.60. The lowest BCUT2D eigenvalue weighted by atomic mass is 9.92. The molecule has 1 saturated heterocycles. The van der Waals surface area contributed by atoms with Crippen molar-refractivity contribution in [2.24, 2.45) is 10.7 Å². The molecule has 2 heterocycles. The van der Waals surface area contributed by atoms with Gasteiger partial charge >= 0.3 is 0 Å². The van der Waals surface area contributed by atoms with E-state index in [1.54, 1.807) is 6.20 Å². The van der Waals surface area contributed by atoms with Gasteiger partial charge in [-0.15, -0.1) is 0 Å². The van der Waals surface area contributed by atoms with E-state index in [2.05, 4.69) is 36.0 Å². The van der Waals surface area contributed by atoms with Crippen LogP contribution < -0.4 is 15.4 Å². The van der Waals surface area contributed by atoms with Gasteiger partial charge in [-0.1, -0.05) is 0 Å². The highest BCUT2D eigenvalue weighted by Crippen LogP contribution is 2.40. The second-order valence-corrected chi connectivity index (χ2v) is 8.09. The van der Waals surface area contributed by atoms with Gasteiger partial charge in [-0.3, -0.25) is 9.79 Å². The molecular weight excluding hydrogens is 352 g/mol. The highest BCUT2D eigenvalue weighted by atomic mass is 16.5. The Hall–Kier alpha value is -2.50. The van der Waals surface area contributed by atoms with Crippen LogP contribution >= 0.6 is 0 Å². The van der Waals surface area contributed by atoms with Crippen LogP contribution in [0.3, 0.4) is 0 Å². The van der Waals surface area contributed by atoms with Crippen LogP contribution in [0.5, 0.6) is 5.75 Å². The first-order chi connectivity index (χ1) is 13.6. The molecule has 6 heteroatoms. The smallest absolute Gasteiger partial charge is 0.260 e. The Morgan fingerprint density at radius 3 is 2.75 bits per heavy atom. The lowest BCUT2D eigenvalue weighted by Crippen LogP contribution is -2.44. The summed E-state index contributed by atoms with van der Waals surface area (Å²) in [5.74, 6) is 0.835. The van der Waals surface area contributed by atoms with Crippen LogP contribution in [0.15, 0.2) is 23.3 Å². The minimum absolute atomic E-state index is 0.0530. The number of hydrogen-bond donors (Lipinski definition) is 1. The highest BCUT2D eigenvalue weighted by molar-refractivity contribution is 6.11. The fourth-order valence-electron chi connectivity index (χ4n) is 3.77. The van der Waals surface area contributed by atoms with Crippen molar-refractivity contribution in [3.63, 3.8) is 0 Å². The van der Waals surface area contributed by atoms with Gasteiger partial charge in [0, 0.05) is 61.0 Å². The van der Waals surface area contributed by atoms with Crippen molar-refractivity contribution in [2.45, 2.75) is 51.1 Å². The zero-order valence-electron chi connectivity index (χ0n) is 16.9. The number of rotatable bonds is 6. The minimum atomic E-state index is 0.0530. The third-order valence-corrected chi connectivity index (χ3v) is 6.10. The van der Waals surface area contributed by atoms with Gasteiger partial charge in [0.05, 0.1) is 6.04 Å². The molecule has 0 radical (unpaired) electrons. The molecule has 1 aromatic rings. The normalized spacial score (nSPS) is 22.2. The highest BCUT2D eigenvalue weighted by Gasteiger charge is 2.27. The quantitative estimate of drug-likeness (QED) is 0.768. The van der Waals surface area contributed by atoms with Gasteiger partial charge in [0.1, 0.15) is 5.75 Å². The SMILES string of the molecule is CC1CCc2c(ccc(C(C=NC3CC3)=CN)c2OCC(=O)N2CCC2)N1C. The Balaban J connectivity index is 1.66. The maximum Gasteiger partial charge on any atom is 0.260 e. The molecule has 1 unspecified atom stereocenters. The first-order valence-corrected chi connectivity index (χ1v) is 10.3. The number of nitrogens with two attached hydrogens (primary N) is 1. The third kappa shape index (κ3) is 3.73. The summed E-state index contributed by atoms with van der Waals surface area (Å²) in [6, 6.07) is 5.10. The molecule has 1 saturated carbocycles. The molecule has 4 rings (SSSR count). The van der Waals surface area contributed by atoms with Crippen LogP contribution in [0, 0.1) is 0 Å². The van der Waals surface area contributed by atoms with Crippen molar-refractivity contribution in [3.8, 4) is 5.75 Å². The number of fused-ring (bicyclic) bond motifs is 1. The number of carbonyl (C=O) groups excluding carboxylic acids is 1. The molecule has 0 bridgehead atoms. The van der Waals surface area contributed by atoms with E-state index in [-0.39, 0.29) is 12.5 Å². The second-order valence-electron chi connectivity index (χ2n) is 8.09. The fraction of sp³-hybridized carbons (Fsp3) is 0.545. The molecule has 28 heavy (non-hydrogen) atoms. The van der Waals surface area contributed by atoms with E-state index in [1.165, 1.54) is 5.69 Å². The summed E-state index contributed by atoms with van der Waals surface area (Å²) >= 11 is 0. The Bertz CT molecular complexity index is 809. The molecule has 2 aliphatic heterocycles. The zero-order chi connectivity index (χ0) is 19.7. The van der Waals surface area contributed by atoms with Crippen molar-refractivity contribution in [3.05, 3.63) is 29.5 Å². The molecule has 3 aliphatic rings. The number of amides is 1. The van der Waals surface area contributed by atoms with Gasteiger partial charge in [0.25, 0.3) is 5.91 Å². The number of benzene rings is 1. The maximum atomic E-state index is 12.4. The summed E-state index contributed by atoms with van der Waals surface area (Å²) in [6.07, 6.45) is 8.81. The summed E-state index contributed by atoms with van der Waals surface area (Å²) in [7, 11) is 2.12. The first kappa shape index (κ1) is 18.8. The third-order valence-electron chi connectivity index (χ3n) is 6.10. The molecule has 150 valence electrons. The van der Waals surface area contributed by atoms with Gasteiger partial charge in [-0.05, 0) is 51.2 Å². The molecule has 1 amide bonds. The van der Waals surface area contributed by atoms with Crippen molar-refractivity contribution in [2.75, 3.05) is 31.6 Å². The van der Waals surface area contributed by atoms with Gasteiger partial charge < -0.3 is 20.3 Å². The van der Waals surface area contributed by atoms with Gasteiger partial charge in [-0.2, -0.15) is 0 Å². The van der Waals surface area contributed by atoms with Crippen LogP contribution in [0.25, 0.3) is 5.57 Å². The summed E-state index contributed by atoms with van der Waals surface area (Å²) in [5.41, 5.74) is 10.0. The van der Waals surface area contributed by atoms with E-state index >= 15 is 0 Å². The number of aliphatic imine (C=N–C) groups is 1. The lowest BCUT2D eigenvalue weighted by Gasteiger charge is -2.35. The molecule has 0 aromatic heterocycles. The summed E-state index contributed by atoms with van der Waals surface area (Å²) < 4.78 is 6.17. The van der Waals surface area contributed by atoms with Crippen LogP contribution in [0.1, 0.15) is 43.7 Å². The average Bonchev–Trinajstić information content (AvgIpc) is 3.47. The van der Waals surface area contributed by atoms with E-state index in [9.17, 15) is 4.79 Å². The standard InChI is InChI=1S/C22H30N4O2/c1-15-4-7-19-20(25(15)2)9-8-18(16(12-23)13-24-17-5-6-17)22(19)28-14-21(27)26-10-3-11-26/h8-9,12-13,15,17H,3-7,10-11,14,23H2,1-2H3. The van der Waals surface area contributed by atoms with E-state index < -0.39 is 0 Å². The average molecular weight is 383 g/mol. The molecule has 2 fully saturated rings. The minimum Gasteiger partial charge on any atom is -0.483 e. The Labute approximate surface area is 167 Å². The first-order valence-electron chi connectivity index (χ1n) is 10.3. The van der Waals surface area contributed by atoms with Crippen LogP contribution in [-0.2, 0) is 11.2 Å². The number of ether oxygens (including phenoxy) is 1. The summed E-state index contributed by atoms with van der Waals surface area (Å²) in [4.78, 5) is 21.1. The van der Waals surface area contributed by atoms with Crippen LogP contribution in [-0.4, -0.2) is 55.8 Å². The summed E-state index contributed by atoms with van der Waals surface area (Å²) in [6.45, 7) is 3.98. The molecule has 2 N–H and O–H groups in total.